The van der Waals surface area contributed by atoms with Crippen molar-refractivity contribution >= 4 is 81.1 Å². The third kappa shape index (κ3) is 5.15. The monoisotopic (exact) mass is 749 g/mol. The largest absolute Gasteiger partial charge is 0.613 e. The molecule has 0 saturated heterocycles. The van der Waals surface area contributed by atoms with E-state index in [1.807, 2.05) is 23.5 Å². The van der Waals surface area contributed by atoms with Crippen LogP contribution in [0.5, 0.6) is 0 Å². The highest BCUT2D eigenvalue weighted by Crippen LogP contribution is 2.45. The molecule has 57 heavy (non-hydrogen) atoms. The van der Waals surface area contributed by atoms with Crippen LogP contribution in [-0.4, -0.2) is 10.4 Å². The average molecular weight is 750 g/mol. The fourth-order valence-corrected chi connectivity index (χ4v) is 9.99. The normalized spacial score (nSPS) is 15.9. The van der Waals surface area contributed by atoms with Crippen LogP contribution in [0, 0.1) is 0 Å². The molecule has 0 saturated carbocycles. The van der Waals surface area contributed by atoms with Crippen LogP contribution in [0.15, 0.2) is 191 Å². The fraction of sp³-hybridized carbons (Fsp3) is 0.0392. The lowest BCUT2D eigenvalue weighted by Crippen LogP contribution is -2.33. The summed E-state index contributed by atoms with van der Waals surface area (Å²) >= 11 is 1.83. The van der Waals surface area contributed by atoms with Gasteiger partial charge < -0.3 is 19.6 Å². The van der Waals surface area contributed by atoms with E-state index in [0.29, 0.717) is 0 Å². The summed E-state index contributed by atoms with van der Waals surface area (Å²) in [6.07, 6.45) is -0.552. The maximum absolute atomic E-state index is 6.68. The zero-order valence-corrected chi connectivity index (χ0v) is 31.4. The third-order valence-corrected chi connectivity index (χ3v) is 12.5. The summed E-state index contributed by atoms with van der Waals surface area (Å²) in [5.41, 5.74) is 10.8. The van der Waals surface area contributed by atoms with Crippen molar-refractivity contribution in [3.63, 3.8) is 0 Å². The van der Waals surface area contributed by atoms with Crippen molar-refractivity contribution in [2.24, 2.45) is 4.99 Å². The van der Waals surface area contributed by atoms with Gasteiger partial charge in [-0.25, -0.2) is 0 Å². The van der Waals surface area contributed by atoms with Crippen molar-refractivity contribution in [3.05, 3.63) is 204 Å². The molecule has 0 fully saturated rings. The number of para-hydroxylation sites is 2. The van der Waals surface area contributed by atoms with Crippen LogP contribution in [0.1, 0.15) is 29.0 Å². The van der Waals surface area contributed by atoms with Gasteiger partial charge in [0.1, 0.15) is 17.0 Å². The lowest BCUT2D eigenvalue weighted by molar-refractivity contribution is 0.631. The molecule has 8 aromatic carbocycles. The van der Waals surface area contributed by atoms with Crippen molar-refractivity contribution in [2.45, 2.75) is 12.3 Å². The van der Waals surface area contributed by atoms with Gasteiger partial charge >= 0.3 is 0 Å². The number of hydrogen-bond acceptors (Lipinski definition) is 4. The van der Waals surface area contributed by atoms with Crippen LogP contribution in [0.25, 0.3) is 86.0 Å². The van der Waals surface area contributed by atoms with Gasteiger partial charge in [-0.15, -0.1) is 11.3 Å². The molecule has 2 unspecified atom stereocenters. The van der Waals surface area contributed by atoms with Crippen molar-refractivity contribution in [1.29, 1.82) is 0 Å². The number of benzene rings is 8. The van der Waals surface area contributed by atoms with Crippen molar-refractivity contribution in [2.75, 3.05) is 0 Å². The summed E-state index contributed by atoms with van der Waals surface area (Å²) in [7, 11) is 0. The first-order valence-corrected chi connectivity index (χ1v) is 20.1. The zero-order chi connectivity index (χ0) is 37.5. The number of thiophene rings is 1. The molecule has 5 nitrogen and oxygen atoms in total. The Hall–Kier alpha value is -6.99. The predicted molar refractivity (Wildman–Crippen MR) is 238 cm³/mol. The van der Waals surface area contributed by atoms with E-state index in [1.165, 1.54) is 47.5 Å². The third-order valence-electron chi connectivity index (χ3n) is 11.4. The molecular formula is C51H33N4OS-. The fourth-order valence-electron chi connectivity index (χ4n) is 8.81. The Morgan fingerprint density at radius 2 is 1.25 bits per heavy atom. The van der Waals surface area contributed by atoms with Crippen LogP contribution in [0.2, 0.25) is 0 Å². The van der Waals surface area contributed by atoms with E-state index >= 15 is 0 Å². The van der Waals surface area contributed by atoms with Gasteiger partial charge in [-0.3, -0.25) is 4.99 Å². The van der Waals surface area contributed by atoms with Crippen molar-refractivity contribution < 1.29 is 4.42 Å². The minimum Gasteiger partial charge on any atom is -0.613 e. The van der Waals surface area contributed by atoms with Crippen LogP contribution in [0.3, 0.4) is 0 Å². The molecule has 270 valence electrons. The van der Waals surface area contributed by atoms with Gasteiger partial charge in [0.15, 0.2) is 0 Å². The summed E-state index contributed by atoms with van der Waals surface area (Å²) in [4.78, 5) is 5.05. The second-order valence-electron chi connectivity index (χ2n) is 14.7. The summed E-state index contributed by atoms with van der Waals surface area (Å²) in [6.45, 7) is 0. The Kier molecular flexibility index (Phi) is 7.24. The summed E-state index contributed by atoms with van der Waals surface area (Å²) in [5.74, 6) is 0.853. The Morgan fingerprint density at radius 3 is 2.05 bits per heavy atom. The number of aliphatic imine (C=N–C) groups is 1. The second kappa shape index (κ2) is 12.8. The molecule has 0 radical (unpaired) electrons. The van der Waals surface area contributed by atoms with E-state index in [1.54, 1.807) is 0 Å². The molecule has 2 atom stereocenters. The first-order valence-electron chi connectivity index (χ1n) is 19.3. The first kappa shape index (κ1) is 32.3. The molecule has 0 bridgehead atoms. The summed E-state index contributed by atoms with van der Waals surface area (Å²) < 4.78 is 11.5. The van der Waals surface area contributed by atoms with Gasteiger partial charge in [-0.2, -0.15) is 0 Å². The van der Waals surface area contributed by atoms with Gasteiger partial charge in [0.25, 0.3) is 0 Å². The summed E-state index contributed by atoms with van der Waals surface area (Å²) in [6, 6.07) is 64.5. The predicted octanol–water partition coefficient (Wildman–Crippen LogP) is 13.8. The first-order chi connectivity index (χ1) is 28.2. The molecule has 1 aliphatic rings. The Morgan fingerprint density at radius 1 is 0.526 bits per heavy atom. The van der Waals surface area contributed by atoms with Gasteiger partial charge in [0, 0.05) is 41.9 Å². The lowest BCUT2D eigenvalue weighted by atomic mass is 9.97. The molecule has 1 aliphatic heterocycles. The number of fused-ring (bicyclic) bond motifs is 9. The molecule has 12 rings (SSSR count). The quantitative estimate of drug-likeness (QED) is 0.190. The number of furan rings is 1. The average Bonchev–Trinajstić information content (AvgIpc) is 3.96. The number of nitrogens with zero attached hydrogens (tertiary/aromatic N) is 3. The van der Waals surface area contributed by atoms with Crippen molar-refractivity contribution in [3.8, 4) is 16.8 Å². The molecule has 4 heterocycles. The zero-order valence-electron chi connectivity index (χ0n) is 30.6. The van der Waals surface area contributed by atoms with Crippen LogP contribution >= 0.6 is 11.3 Å². The molecule has 3 aromatic heterocycles. The van der Waals surface area contributed by atoms with E-state index in [4.69, 9.17) is 14.7 Å². The number of aromatic nitrogens is 1. The number of rotatable bonds is 5. The topological polar surface area (TPSA) is 56.6 Å². The van der Waals surface area contributed by atoms with Gasteiger partial charge in [0.2, 0.25) is 0 Å². The minimum absolute atomic E-state index is 0.250. The van der Waals surface area contributed by atoms with E-state index in [-0.39, 0.29) is 12.3 Å². The van der Waals surface area contributed by atoms with Gasteiger partial charge in [-0.1, -0.05) is 133 Å². The lowest BCUT2D eigenvalue weighted by Gasteiger charge is -2.44. The summed E-state index contributed by atoms with van der Waals surface area (Å²) in [5, 5.41) is 16.1. The molecular weight excluding hydrogens is 717 g/mol. The Balaban J connectivity index is 0.953. The highest BCUT2D eigenvalue weighted by molar-refractivity contribution is 7.26. The van der Waals surface area contributed by atoms with Gasteiger partial charge in [0.05, 0.1) is 22.1 Å². The minimum atomic E-state index is -0.302. The van der Waals surface area contributed by atoms with Crippen LogP contribution in [0.4, 0.5) is 0 Å². The number of amidine groups is 1. The molecule has 11 aromatic rings. The Bertz CT molecular complexity index is 3320. The van der Waals surface area contributed by atoms with E-state index in [9.17, 15) is 0 Å². The SMILES string of the molecule is c1ccc(C2=NC(c3ccccc3)[N-]C(c3ccc4c(c3)sc3cccc(-c5ccc6c(c5)oc5cccc(-n7c8ccccc8c8ccccc87)c56)c34)N2)cc1. The molecule has 0 spiro atoms. The maximum atomic E-state index is 6.68. The highest BCUT2D eigenvalue weighted by atomic mass is 32.1. The number of hydrogen-bond donors (Lipinski definition) is 1. The standard InChI is InChI=1S/C51H33N4OS/c1-3-13-31(14-4-1)49-52-50(32-15-5-2-6-16-32)54-51(53-49)34-26-28-39-46(30-34)57-45-24-11-19-35(47(39)45)33-25-27-38-44(29-33)56-43-23-12-22-42(48(38)43)55-40-20-9-7-17-36(40)37-18-8-10-21-41(37)55/h1-30,49,51H,(H,52,54)/q-1. The number of nitrogens with one attached hydrogen (secondary N) is 1. The molecule has 0 aliphatic carbocycles. The van der Waals surface area contributed by atoms with E-state index in [0.717, 1.165) is 55.7 Å². The van der Waals surface area contributed by atoms with Gasteiger partial charge in [-0.05, 0) is 83.1 Å². The smallest absolute Gasteiger partial charge is 0.137 e. The molecule has 6 heteroatoms. The Labute approximate surface area is 332 Å². The van der Waals surface area contributed by atoms with Crippen molar-refractivity contribution in [1.82, 2.24) is 9.88 Å². The van der Waals surface area contributed by atoms with Crippen LogP contribution < -0.4 is 5.32 Å². The van der Waals surface area contributed by atoms with Crippen LogP contribution in [-0.2, 0) is 0 Å². The van der Waals surface area contributed by atoms with E-state index < -0.39 is 0 Å². The van der Waals surface area contributed by atoms with E-state index in [2.05, 4.69) is 180 Å². The molecule has 0 amide bonds. The second-order valence-corrected chi connectivity index (χ2v) is 15.8. The maximum Gasteiger partial charge on any atom is 0.137 e. The molecule has 1 N–H and O–H groups in total. The highest BCUT2D eigenvalue weighted by Gasteiger charge is 2.21.